The Morgan fingerprint density at radius 1 is 1.00 bits per heavy atom. The van der Waals surface area contributed by atoms with Gasteiger partial charge < -0.3 is 19.2 Å². The summed E-state index contributed by atoms with van der Waals surface area (Å²) in [5, 5.41) is 5.25. The highest BCUT2D eigenvalue weighted by Gasteiger charge is 2.11. The van der Waals surface area contributed by atoms with Crippen LogP contribution in [0.25, 0.3) is 21.7 Å². The van der Waals surface area contributed by atoms with Crippen LogP contribution in [0.5, 0.6) is 11.5 Å². The first kappa shape index (κ1) is 19.5. The lowest BCUT2D eigenvalue weighted by Gasteiger charge is -2.11. The summed E-state index contributed by atoms with van der Waals surface area (Å²) < 4.78 is 16.3. The highest BCUT2D eigenvalue weighted by molar-refractivity contribution is 6.07. The monoisotopic (exact) mass is 403 g/mol. The van der Waals surface area contributed by atoms with Crippen LogP contribution in [0.4, 0.5) is 0 Å². The van der Waals surface area contributed by atoms with Gasteiger partial charge in [0.25, 0.3) is 5.91 Å². The molecule has 4 rings (SSSR count). The van der Waals surface area contributed by atoms with Crippen molar-refractivity contribution in [3.63, 3.8) is 0 Å². The molecule has 6 nitrogen and oxygen atoms in total. The third-order valence-electron chi connectivity index (χ3n) is 4.94. The van der Waals surface area contributed by atoms with Gasteiger partial charge in [-0.05, 0) is 42.3 Å². The van der Waals surface area contributed by atoms with Crippen LogP contribution in [0.3, 0.4) is 0 Å². The van der Waals surface area contributed by atoms with Gasteiger partial charge in [-0.15, -0.1) is 0 Å². The van der Waals surface area contributed by atoms with E-state index in [9.17, 15) is 9.59 Å². The van der Waals surface area contributed by atoms with Gasteiger partial charge in [0.15, 0.2) is 6.61 Å². The molecule has 0 saturated carbocycles. The number of aryl methyl sites for hydroxylation is 1. The predicted octanol–water partition coefficient (Wildman–Crippen LogP) is 3.96. The van der Waals surface area contributed by atoms with E-state index in [1.165, 1.54) is 6.07 Å². The number of rotatable bonds is 6. The van der Waals surface area contributed by atoms with E-state index in [1.54, 1.807) is 13.2 Å². The van der Waals surface area contributed by atoms with Gasteiger partial charge in [0, 0.05) is 28.8 Å². The van der Waals surface area contributed by atoms with E-state index in [4.69, 9.17) is 13.9 Å². The van der Waals surface area contributed by atoms with Gasteiger partial charge in [0.05, 0.1) is 7.11 Å². The highest BCUT2D eigenvalue weighted by Crippen LogP contribution is 2.32. The fourth-order valence-electron chi connectivity index (χ4n) is 3.37. The van der Waals surface area contributed by atoms with Crippen molar-refractivity contribution in [2.75, 3.05) is 13.7 Å². The minimum absolute atomic E-state index is 0.120. The van der Waals surface area contributed by atoms with Crippen molar-refractivity contribution in [1.82, 2.24) is 5.32 Å². The second-order valence-corrected chi connectivity index (χ2v) is 6.96. The molecule has 0 unspecified atom stereocenters. The Morgan fingerprint density at radius 3 is 2.53 bits per heavy atom. The fourth-order valence-corrected chi connectivity index (χ4v) is 3.37. The number of methoxy groups -OCH3 is 1. The van der Waals surface area contributed by atoms with Crippen molar-refractivity contribution in [1.29, 1.82) is 0 Å². The Morgan fingerprint density at radius 2 is 1.77 bits per heavy atom. The molecule has 6 heteroatoms. The maximum atomic E-state index is 12.2. The Balaban J connectivity index is 1.49. The topological polar surface area (TPSA) is 77.8 Å². The lowest BCUT2D eigenvalue weighted by Crippen LogP contribution is -2.28. The SMILES string of the molecule is COc1ccc(CNC(=O)COc2cccc3c2ccc2c(C)cc(=O)oc23)cc1. The Bertz CT molecular complexity index is 1270. The Labute approximate surface area is 173 Å². The van der Waals surface area contributed by atoms with E-state index < -0.39 is 5.63 Å². The summed E-state index contributed by atoms with van der Waals surface area (Å²) in [5.41, 5.74) is 1.95. The van der Waals surface area contributed by atoms with Crippen molar-refractivity contribution >= 4 is 27.6 Å². The number of hydrogen-bond donors (Lipinski definition) is 1. The zero-order valence-electron chi connectivity index (χ0n) is 16.7. The number of benzene rings is 3. The summed E-state index contributed by atoms with van der Waals surface area (Å²) in [4.78, 5) is 24.0. The summed E-state index contributed by atoms with van der Waals surface area (Å²) in [5.74, 6) is 1.09. The summed E-state index contributed by atoms with van der Waals surface area (Å²) >= 11 is 0. The summed E-state index contributed by atoms with van der Waals surface area (Å²) in [6.45, 7) is 2.15. The van der Waals surface area contributed by atoms with Gasteiger partial charge in [0.2, 0.25) is 0 Å². The van der Waals surface area contributed by atoms with Crippen LogP contribution in [-0.2, 0) is 11.3 Å². The number of fused-ring (bicyclic) bond motifs is 3. The zero-order valence-corrected chi connectivity index (χ0v) is 16.7. The molecule has 30 heavy (non-hydrogen) atoms. The number of hydrogen-bond acceptors (Lipinski definition) is 5. The molecule has 1 heterocycles. The van der Waals surface area contributed by atoms with Crippen LogP contribution in [0, 0.1) is 6.92 Å². The maximum absolute atomic E-state index is 12.2. The molecule has 0 aliphatic rings. The first-order valence-electron chi connectivity index (χ1n) is 9.54. The third kappa shape index (κ3) is 3.98. The van der Waals surface area contributed by atoms with Gasteiger partial charge in [-0.1, -0.05) is 30.3 Å². The molecule has 3 aromatic carbocycles. The first-order chi connectivity index (χ1) is 14.5. The lowest BCUT2D eigenvalue weighted by atomic mass is 10.0. The van der Waals surface area contributed by atoms with Gasteiger partial charge >= 0.3 is 5.63 Å². The molecule has 0 aliphatic carbocycles. The van der Waals surface area contributed by atoms with E-state index in [0.29, 0.717) is 17.9 Å². The van der Waals surface area contributed by atoms with E-state index in [2.05, 4.69) is 5.32 Å². The minimum atomic E-state index is -0.392. The minimum Gasteiger partial charge on any atom is -0.497 e. The van der Waals surface area contributed by atoms with Crippen molar-refractivity contribution in [3.8, 4) is 11.5 Å². The second kappa shape index (κ2) is 8.29. The van der Waals surface area contributed by atoms with Crippen LogP contribution in [0.1, 0.15) is 11.1 Å². The van der Waals surface area contributed by atoms with Crippen molar-refractivity contribution < 1.29 is 18.7 Å². The Hall–Kier alpha value is -3.80. The smallest absolute Gasteiger partial charge is 0.336 e. The highest BCUT2D eigenvalue weighted by atomic mass is 16.5. The molecule has 4 aromatic rings. The van der Waals surface area contributed by atoms with E-state index in [-0.39, 0.29) is 12.5 Å². The molecule has 0 saturated heterocycles. The standard InChI is InChI=1S/C24H21NO5/c1-15-12-23(27)30-24-18(15)10-11-19-20(24)4-3-5-21(19)29-14-22(26)25-13-16-6-8-17(28-2)9-7-16/h3-12H,13-14H2,1-2H3,(H,25,26). The number of carbonyl (C=O) groups excluding carboxylic acids is 1. The third-order valence-corrected chi connectivity index (χ3v) is 4.94. The molecule has 0 bridgehead atoms. The normalized spacial score (nSPS) is 10.9. The van der Waals surface area contributed by atoms with E-state index >= 15 is 0 Å². The second-order valence-electron chi connectivity index (χ2n) is 6.96. The quantitative estimate of drug-likeness (QED) is 0.390. The molecule has 1 aromatic heterocycles. The largest absolute Gasteiger partial charge is 0.497 e. The van der Waals surface area contributed by atoms with Gasteiger partial charge in [0.1, 0.15) is 17.1 Å². The molecule has 0 fully saturated rings. The van der Waals surface area contributed by atoms with Crippen LogP contribution < -0.4 is 20.4 Å². The molecule has 1 N–H and O–H groups in total. The van der Waals surface area contributed by atoms with Crippen molar-refractivity contribution in [3.05, 3.63) is 82.2 Å². The van der Waals surface area contributed by atoms with E-state index in [1.807, 2.05) is 55.5 Å². The van der Waals surface area contributed by atoms with Gasteiger partial charge in [-0.2, -0.15) is 0 Å². The Kier molecular flexibility index (Phi) is 5.39. The molecular formula is C24H21NO5. The zero-order chi connectivity index (χ0) is 21.1. The molecular weight excluding hydrogens is 382 g/mol. The van der Waals surface area contributed by atoms with Crippen LogP contribution >= 0.6 is 0 Å². The van der Waals surface area contributed by atoms with Gasteiger partial charge in [-0.3, -0.25) is 4.79 Å². The molecule has 0 spiro atoms. The molecule has 0 aliphatic heterocycles. The van der Waals surface area contributed by atoms with Crippen molar-refractivity contribution in [2.24, 2.45) is 0 Å². The predicted molar refractivity (Wildman–Crippen MR) is 115 cm³/mol. The number of ether oxygens (including phenoxy) is 2. The lowest BCUT2D eigenvalue weighted by molar-refractivity contribution is -0.123. The molecule has 1 amide bonds. The van der Waals surface area contributed by atoms with Crippen LogP contribution in [0.15, 0.2) is 69.9 Å². The first-order valence-corrected chi connectivity index (χ1v) is 9.54. The van der Waals surface area contributed by atoms with Gasteiger partial charge in [-0.25, -0.2) is 4.79 Å². The molecule has 0 radical (unpaired) electrons. The number of carbonyl (C=O) groups is 1. The number of amides is 1. The molecule has 0 atom stereocenters. The average Bonchev–Trinajstić information content (AvgIpc) is 2.76. The van der Waals surface area contributed by atoms with Crippen molar-refractivity contribution in [2.45, 2.75) is 13.5 Å². The van der Waals surface area contributed by atoms with Crippen LogP contribution in [-0.4, -0.2) is 19.6 Å². The van der Waals surface area contributed by atoms with E-state index in [0.717, 1.165) is 33.0 Å². The average molecular weight is 403 g/mol. The summed E-state index contributed by atoms with van der Waals surface area (Å²) in [6, 6.07) is 18.2. The fraction of sp³-hybridized carbons (Fsp3) is 0.167. The number of nitrogens with one attached hydrogen (secondary N) is 1. The summed E-state index contributed by atoms with van der Waals surface area (Å²) in [7, 11) is 1.61. The maximum Gasteiger partial charge on any atom is 0.336 e. The molecule has 152 valence electrons. The summed E-state index contributed by atoms with van der Waals surface area (Å²) in [6.07, 6.45) is 0. The van der Waals surface area contributed by atoms with Crippen LogP contribution in [0.2, 0.25) is 0 Å².